The van der Waals surface area contributed by atoms with Gasteiger partial charge in [-0.15, -0.1) is 0 Å². The second-order valence-electron chi connectivity index (χ2n) is 11.8. The van der Waals surface area contributed by atoms with Crippen molar-refractivity contribution >= 4 is 66.7 Å². The van der Waals surface area contributed by atoms with E-state index in [9.17, 15) is 0 Å². The summed E-state index contributed by atoms with van der Waals surface area (Å²) < 4.78 is 7.22. The van der Waals surface area contributed by atoms with Crippen LogP contribution in [-0.4, -0.2) is 13.7 Å². The van der Waals surface area contributed by atoms with Crippen molar-refractivity contribution in [3.63, 3.8) is 0 Å². The molecular weight excluding hydrogens is 558 g/mol. The summed E-state index contributed by atoms with van der Waals surface area (Å²) in [5, 5.41) is 6.13. The molecule has 0 unspecified atom stereocenters. The molecule has 9 aromatic rings. The van der Waals surface area contributed by atoms with Crippen LogP contribution in [0.5, 0.6) is 0 Å². The fraction of sp³-hybridized carbons (Fsp3) is 0.0233. The molecule has 9 rings (SSSR count). The molecule has 3 aromatic heterocycles. The van der Waals surface area contributed by atoms with Gasteiger partial charge in [0.2, 0.25) is 0 Å². The summed E-state index contributed by atoms with van der Waals surface area (Å²) in [7, 11) is 0. The van der Waals surface area contributed by atoms with Crippen molar-refractivity contribution in [2.24, 2.45) is 0 Å². The lowest BCUT2D eigenvalue weighted by molar-refractivity contribution is 1.10. The average Bonchev–Trinajstić information content (AvgIpc) is 3.74. The summed E-state index contributed by atoms with van der Waals surface area (Å²) in [6.45, 7) is 6.43. The van der Waals surface area contributed by atoms with E-state index in [1.165, 1.54) is 60.1 Å². The van der Waals surface area contributed by atoms with E-state index in [1.807, 2.05) is 6.08 Å². The molecule has 6 aromatic carbocycles. The predicted molar refractivity (Wildman–Crippen MR) is 197 cm³/mol. The Morgan fingerprint density at radius 2 is 1.00 bits per heavy atom. The smallest absolute Gasteiger partial charge is 0.0788 e. The molecule has 3 heterocycles. The van der Waals surface area contributed by atoms with Gasteiger partial charge in [0.1, 0.15) is 0 Å². The summed E-state index contributed by atoms with van der Waals surface area (Å²) in [5.41, 5.74) is 11.6. The van der Waals surface area contributed by atoms with Gasteiger partial charge in [0.05, 0.1) is 33.3 Å². The molecule has 0 atom stereocenters. The fourth-order valence-electron chi connectivity index (χ4n) is 7.47. The molecule has 0 aliphatic rings. The van der Waals surface area contributed by atoms with Crippen LogP contribution in [0.1, 0.15) is 18.2 Å². The number of fused-ring (bicyclic) bond motifs is 8. The maximum atomic E-state index is 4.35. The van der Waals surface area contributed by atoms with Crippen LogP contribution >= 0.6 is 0 Å². The molecule has 0 saturated carbocycles. The molecule has 0 spiro atoms. The highest BCUT2D eigenvalue weighted by atomic mass is 15.1. The van der Waals surface area contributed by atoms with Crippen molar-refractivity contribution in [1.82, 2.24) is 13.7 Å². The highest BCUT2D eigenvalue weighted by Gasteiger charge is 2.23. The van der Waals surface area contributed by atoms with E-state index < -0.39 is 0 Å². The van der Waals surface area contributed by atoms with Gasteiger partial charge in [-0.3, -0.25) is 0 Å². The van der Waals surface area contributed by atoms with Crippen LogP contribution in [-0.2, 0) is 0 Å². The first kappa shape index (κ1) is 26.4. The number of hydrogen-bond acceptors (Lipinski definition) is 0. The summed E-state index contributed by atoms with van der Waals surface area (Å²) in [6.07, 6.45) is 6.35. The summed E-state index contributed by atoms with van der Waals surface area (Å²) in [6, 6.07) is 50.3. The van der Waals surface area contributed by atoms with Crippen LogP contribution in [0.25, 0.3) is 83.7 Å². The lowest BCUT2D eigenvalue weighted by atomic mass is 10.1. The summed E-state index contributed by atoms with van der Waals surface area (Å²) in [4.78, 5) is 0. The second kappa shape index (κ2) is 10.3. The van der Waals surface area contributed by atoms with Crippen LogP contribution in [0, 0.1) is 0 Å². The maximum Gasteiger partial charge on any atom is 0.0788 e. The Morgan fingerprint density at radius 1 is 0.457 bits per heavy atom. The zero-order chi connectivity index (χ0) is 30.8. The quantitative estimate of drug-likeness (QED) is 0.190. The summed E-state index contributed by atoms with van der Waals surface area (Å²) in [5.74, 6) is 0. The molecule has 0 aliphatic carbocycles. The van der Waals surface area contributed by atoms with Crippen molar-refractivity contribution in [2.45, 2.75) is 6.92 Å². The molecule has 0 N–H and O–H groups in total. The van der Waals surface area contributed by atoms with Crippen molar-refractivity contribution in [1.29, 1.82) is 0 Å². The van der Waals surface area contributed by atoms with E-state index in [1.54, 1.807) is 0 Å². The largest absolute Gasteiger partial charge is 0.309 e. The monoisotopic (exact) mass is 589 g/mol. The van der Waals surface area contributed by atoms with Crippen molar-refractivity contribution in [2.75, 3.05) is 0 Å². The van der Waals surface area contributed by atoms with Gasteiger partial charge in [-0.05, 0) is 67.6 Å². The van der Waals surface area contributed by atoms with E-state index in [-0.39, 0.29) is 0 Å². The third-order valence-corrected chi connectivity index (χ3v) is 9.31. The molecule has 0 saturated heterocycles. The lowest BCUT2D eigenvalue weighted by Crippen LogP contribution is -2.00. The van der Waals surface area contributed by atoms with Gasteiger partial charge in [-0.25, -0.2) is 0 Å². The normalized spacial score (nSPS) is 12.0. The van der Waals surface area contributed by atoms with Crippen LogP contribution < -0.4 is 0 Å². The van der Waals surface area contributed by atoms with Crippen molar-refractivity contribution in [3.8, 4) is 17.1 Å². The van der Waals surface area contributed by atoms with Crippen LogP contribution in [0.2, 0.25) is 0 Å². The maximum absolute atomic E-state index is 4.35. The van der Waals surface area contributed by atoms with Gasteiger partial charge in [-0.2, -0.15) is 0 Å². The van der Waals surface area contributed by atoms with Crippen LogP contribution in [0.3, 0.4) is 0 Å². The van der Waals surface area contributed by atoms with Gasteiger partial charge < -0.3 is 13.7 Å². The minimum Gasteiger partial charge on any atom is -0.309 e. The molecular formula is C43H31N3. The molecule has 0 amide bonds. The highest BCUT2D eigenvalue weighted by molar-refractivity contribution is 6.20. The third-order valence-electron chi connectivity index (χ3n) is 9.31. The Hall–Kier alpha value is -6.06. The standard InChI is InChI=1S/C43H31N3/c1-3-15-32-35-25-26-36-33-20-11-14-23-40(33)45(30-18-9-6-10-19-30)42(36)43(35)46(38(32)4-2)31-24-27-41-37(28-31)34-21-12-13-22-39(34)44(41)29-16-7-5-8-17-29/h3-28H,2H2,1H3/b15-3-. The fourth-order valence-corrected chi connectivity index (χ4v) is 7.47. The second-order valence-corrected chi connectivity index (χ2v) is 11.8. The number of rotatable bonds is 5. The summed E-state index contributed by atoms with van der Waals surface area (Å²) >= 11 is 0. The van der Waals surface area contributed by atoms with Crippen molar-refractivity contribution in [3.05, 3.63) is 163 Å². The van der Waals surface area contributed by atoms with Crippen molar-refractivity contribution < 1.29 is 0 Å². The minimum absolute atomic E-state index is 1.08. The van der Waals surface area contributed by atoms with E-state index in [0.29, 0.717) is 0 Å². The topological polar surface area (TPSA) is 14.8 Å². The number of para-hydroxylation sites is 4. The average molecular weight is 590 g/mol. The van der Waals surface area contributed by atoms with E-state index in [2.05, 4.69) is 179 Å². The first-order valence-corrected chi connectivity index (χ1v) is 15.8. The molecule has 0 bridgehead atoms. The molecule has 3 nitrogen and oxygen atoms in total. The van der Waals surface area contributed by atoms with E-state index in [0.717, 1.165) is 22.8 Å². The minimum atomic E-state index is 1.08. The van der Waals surface area contributed by atoms with Gasteiger partial charge in [-0.1, -0.05) is 104 Å². The number of nitrogens with zero attached hydrogens (tertiary/aromatic N) is 3. The van der Waals surface area contributed by atoms with E-state index >= 15 is 0 Å². The number of hydrogen-bond donors (Lipinski definition) is 0. The molecule has 46 heavy (non-hydrogen) atoms. The zero-order valence-electron chi connectivity index (χ0n) is 25.6. The highest BCUT2D eigenvalue weighted by Crippen LogP contribution is 2.42. The zero-order valence-corrected chi connectivity index (χ0v) is 25.6. The number of aromatic nitrogens is 3. The van der Waals surface area contributed by atoms with E-state index in [4.69, 9.17) is 0 Å². The van der Waals surface area contributed by atoms with Gasteiger partial charge >= 0.3 is 0 Å². The van der Waals surface area contributed by atoms with Gasteiger partial charge in [0.15, 0.2) is 0 Å². The molecule has 218 valence electrons. The first-order chi connectivity index (χ1) is 22.8. The molecule has 0 radical (unpaired) electrons. The Kier molecular flexibility index (Phi) is 5.87. The number of benzene rings is 6. The number of allylic oxidation sites excluding steroid dienone is 1. The van der Waals surface area contributed by atoms with Crippen LogP contribution in [0.4, 0.5) is 0 Å². The Morgan fingerprint density at radius 3 is 1.67 bits per heavy atom. The SMILES string of the molecule is C=Cc1c(/C=C\C)c2ccc3c4ccccc4n(-c4ccccc4)c3c2n1-c1ccc2c(c1)c1ccccc1n2-c1ccccc1. The predicted octanol–water partition coefficient (Wildman–Crippen LogP) is 11.5. The Labute approximate surface area is 267 Å². The molecule has 3 heteroatoms. The lowest BCUT2D eigenvalue weighted by Gasteiger charge is -2.14. The Bertz CT molecular complexity index is 2640. The van der Waals surface area contributed by atoms with Gasteiger partial charge in [0, 0.05) is 49.6 Å². The Balaban J connectivity index is 1.46. The molecule has 0 aliphatic heterocycles. The molecule has 0 fully saturated rings. The van der Waals surface area contributed by atoms with Crippen LogP contribution in [0.15, 0.2) is 152 Å². The first-order valence-electron chi connectivity index (χ1n) is 15.8. The third kappa shape index (κ3) is 3.66. The van der Waals surface area contributed by atoms with Gasteiger partial charge in [0.25, 0.3) is 0 Å².